The fourth-order valence-electron chi connectivity index (χ4n) is 2.58. The lowest BCUT2D eigenvalue weighted by Gasteiger charge is -2.15. The van der Waals surface area contributed by atoms with E-state index in [4.69, 9.17) is 18.9 Å². The van der Waals surface area contributed by atoms with Crippen molar-refractivity contribution in [3.63, 3.8) is 0 Å². The number of methoxy groups -OCH3 is 3. The smallest absolute Gasteiger partial charge is 0.311 e. The molecule has 0 bridgehead atoms. The van der Waals surface area contributed by atoms with Gasteiger partial charge in [-0.25, -0.2) is 0 Å². The first kappa shape index (κ1) is 22.5. The lowest BCUT2D eigenvalue weighted by molar-refractivity contribution is -0.384. The van der Waals surface area contributed by atoms with Crippen LogP contribution >= 0.6 is 0 Å². The Morgan fingerprint density at radius 2 is 1.67 bits per heavy atom. The second-order valence-corrected chi connectivity index (χ2v) is 6.13. The van der Waals surface area contributed by atoms with E-state index in [2.05, 4.69) is 5.32 Å². The molecule has 0 spiro atoms. The molecule has 2 aromatic rings. The van der Waals surface area contributed by atoms with E-state index >= 15 is 0 Å². The molecule has 0 fully saturated rings. The molecule has 0 saturated heterocycles. The number of amides is 1. The van der Waals surface area contributed by atoms with E-state index in [0.29, 0.717) is 17.1 Å². The Balaban J connectivity index is 2.00. The van der Waals surface area contributed by atoms with Gasteiger partial charge in [-0.2, -0.15) is 0 Å². The fourth-order valence-corrected chi connectivity index (χ4v) is 2.58. The largest absolute Gasteiger partial charge is 0.494 e. The number of nitrogens with zero attached hydrogens (tertiary/aromatic N) is 1. The van der Waals surface area contributed by atoms with Crippen LogP contribution in [0.4, 0.5) is 11.4 Å². The molecule has 30 heavy (non-hydrogen) atoms. The van der Waals surface area contributed by atoms with Gasteiger partial charge in [0.25, 0.3) is 11.6 Å². The van der Waals surface area contributed by atoms with Crippen molar-refractivity contribution in [2.75, 3.05) is 26.6 Å². The minimum absolute atomic E-state index is 0.0706. The summed E-state index contributed by atoms with van der Waals surface area (Å²) in [6.07, 6.45) is -1.17. The molecular formula is C20H22N2O8. The van der Waals surface area contributed by atoms with Crippen molar-refractivity contribution < 1.29 is 33.5 Å². The maximum atomic E-state index is 12.4. The lowest BCUT2D eigenvalue weighted by Crippen LogP contribution is -2.30. The first-order valence-corrected chi connectivity index (χ1v) is 8.82. The SMILES string of the molecule is COc1cc([N+](=O)[O-])ccc1NC(=O)[C@H](C)OC(=O)Cc1ccc(OC)c(OC)c1. The molecule has 1 amide bonds. The number of ether oxygens (including phenoxy) is 4. The van der Waals surface area contributed by atoms with Crippen LogP contribution in [0.5, 0.6) is 17.2 Å². The zero-order chi connectivity index (χ0) is 22.3. The van der Waals surface area contributed by atoms with Crippen molar-refractivity contribution in [1.82, 2.24) is 0 Å². The number of nitro groups is 1. The van der Waals surface area contributed by atoms with Crippen LogP contribution in [-0.2, 0) is 20.7 Å². The topological polar surface area (TPSA) is 126 Å². The molecule has 0 saturated carbocycles. The summed E-state index contributed by atoms with van der Waals surface area (Å²) in [6, 6.07) is 8.75. The Bertz CT molecular complexity index is 944. The van der Waals surface area contributed by atoms with Gasteiger partial charge in [-0.05, 0) is 30.7 Å². The Kier molecular flexibility index (Phi) is 7.56. The molecular weight excluding hydrogens is 396 g/mol. The minimum atomic E-state index is -1.10. The molecule has 0 radical (unpaired) electrons. The summed E-state index contributed by atoms with van der Waals surface area (Å²) in [6.45, 7) is 1.42. The van der Waals surface area contributed by atoms with Gasteiger partial charge in [0, 0.05) is 6.07 Å². The number of nitro benzene ring substituents is 1. The van der Waals surface area contributed by atoms with Crippen LogP contribution < -0.4 is 19.5 Å². The van der Waals surface area contributed by atoms with E-state index in [1.807, 2.05) is 0 Å². The molecule has 0 unspecified atom stereocenters. The molecule has 1 atom stereocenters. The molecule has 2 rings (SSSR count). The molecule has 0 aliphatic heterocycles. The van der Waals surface area contributed by atoms with Crippen molar-refractivity contribution in [2.24, 2.45) is 0 Å². The quantitative estimate of drug-likeness (QED) is 0.374. The Hall–Kier alpha value is -3.82. The average Bonchev–Trinajstić information content (AvgIpc) is 2.73. The summed E-state index contributed by atoms with van der Waals surface area (Å²) in [5.74, 6) is -0.108. The first-order chi connectivity index (χ1) is 14.3. The van der Waals surface area contributed by atoms with Gasteiger partial charge in [0.2, 0.25) is 0 Å². The van der Waals surface area contributed by atoms with Gasteiger partial charge < -0.3 is 24.3 Å². The number of carbonyl (C=O) groups excluding carboxylic acids is 2. The normalized spacial score (nSPS) is 11.2. The number of hydrogen-bond donors (Lipinski definition) is 1. The van der Waals surface area contributed by atoms with Gasteiger partial charge in [-0.15, -0.1) is 0 Å². The lowest BCUT2D eigenvalue weighted by atomic mass is 10.1. The maximum Gasteiger partial charge on any atom is 0.311 e. The third kappa shape index (κ3) is 5.60. The molecule has 0 aliphatic rings. The van der Waals surface area contributed by atoms with E-state index in [-0.39, 0.29) is 23.5 Å². The molecule has 0 aromatic heterocycles. The summed E-state index contributed by atoms with van der Waals surface area (Å²) >= 11 is 0. The van der Waals surface area contributed by atoms with E-state index < -0.39 is 22.9 Å². The van der Waals surface area contributed by atoms with E-state index in [1.54, 1.807) is 18.2 Å². The Morgan fingerprint density at radius 1 is 1.00 bits per heavy atom. The van der Waals surface area contributed by atoms with Crippen LogP contribution in [-0.4, -0.2) is 44.2 Å². The minimum Gasteiger partial charge on any atom is -0.494 e. The Morgan fingerprint density at radius 3 is 2.27 bits per heavy atom. The van der Waals surface area contributed by atoms with Gasteiger partial charge in [0.1, 0.15) is 5.75 Å². The average molecular weight is 418 g/mol. The molecule has 1 N–H and O–H groups in total. The summed E-state index contributed by atoms with van der Waals surface area (Å²) in [4.78, 5) is 34.8. The summed E-state index contributed by atoms with van der Waals surface area (Å²) in [5.41, 5.74) is 0.664. The number of non-ortho nitro benzene ring substituents is 1. The van der Waals surface area contributed by atoms with Crippen molar-refractivity contribution >= 4 is 23.3 Å². The fraction of sp³-hybridized carbons (Fsp3) is 0.300. The number of carbonyl (C=O) groups is 2. The van der Waals surface area contributed by atoms with Crippen LogP contribution in [0.1, 0.15) is 12.5 Å². The molecule has 10 nitrogen and oxygen atoms in total. The molecule has 0 heterocycles. The maximum absolute atomic E-state index is 12.4. The van der Waals surface area contributed by atoms with E-state index in [0.717, 1.165) is 0 Å². The first-order valence-electron chi connectivity index (χ1n) is 8.82. The van der Waals surface area contributed by atoms with Crippen LogP contribution in [0.2, 0.25) is 0 Å². The van der Waals surface area contributed by atoms with Gasteiger partial charge in [-0.1, -0.05) is 6.07 Å². The molecule has 160 valence electrons. The van der Waals surface area contributed by atoms with Gasteiger partial charge in [-0.3, -0.25) is 19.7 Å². The zero-order valence-electron chi connectivity index (χ0n) is 17.0. The molecule has 10 heteroatoms. The van der Waals surface area contributed by atoms with Crippen molar-refractivity contribution in [1.29, 1.82) is 0 Å². The highest BCUT2D eigenvalue weighted by atomic mass is 16.6. The predicted molar refractivity (Wildman–Crippen MR) is 107 cm³/mol. The standard InChI is InChI=1S/C20H22N2O8/c1-12(20(24)21-15-7-6-14(22(25)26)11-17(15)28-3)30-19(23)10-13-5-8-16(27-2)18(9-13)29-4/h5-9,11-12H,10H2,1-4H3,(H,21,24)/t12-/m0/s1. The number of rotatable bonds is 9. The van der Waals surface area contributed by atoms with Crippen molar-refractivity contribution in [3.05, 3.63) is 52.1 Å². The van der Waals surface area contributed by atoms with E-state index in [9.17, 15) is 19.7 Å². The second kappa shape index (κ2) is 10.1. The second-order valence-electron chi connectivity index (χ2n) is 6.13. The monoisotopic (exact) mass is 418 g/mol. The number of hydrogen-bond acceptors (Lipinski definition) is 8. The van der Waals surface area contributed by atoms with E-state index in [1.165, 1.54) is 46.5 Å². The highest BCUT2D eigenvalue weighted by Gasteiger charge is 2.21. The van der Waals surface area contributed by atoms with Crippen molar-refractivity contribution in [3.8, 4) is 17.2 Å². The number of anilines is 1. The zero-order valence-corrected chi connectivity index (χ0v) is 17.0. The van der Waals surface area contributed by atoms with Crippen molar-refractivity contribution in [2.45, 2.75) is 19.4 Å². The molecule has 0 aliphatic carbocycles. The number of nitrogens with one attached hydrogen (secondary N) is 1. The predicted octanol–water partition coefficient (Wildman–Crippen LogP) is 2.73. The third-order valence-corrected chi connectivity index (χ3v) is 4.13. The highest BCUT2D eigenvalue weighted by molar-refractivity contribution is 5.96. The van der Waals surface area contributed by atoms with Crippen LogP contribution in [0.25, 0.3) is 0 Å². The van der Waals surface area contributed by atoms with Gasteiger partial charge in [0.05, 0.1) is 44.4 Å². The Labute approximate surface area is 172 Å². The number of benzene rings is 2. The number of esters is 1. The van der Waals surface area contributed by atoms with Crippen LogP contribution in [0.15, 0.2) is 36.4 Å². The summed E-state index contributed by atoms with van der Waals surface area (Å²) in [7, 11) is 4.31. The van der Waals surface area contributed by atoms with Gasteiger partial charge >= 0.3 is 5.97 Å². The van der Waals surface area contributed by atoms with Crippen LogP contribution in [0, 0.1) is 10.1 Å². The summed E-state index contributed by atoms with van der Waals surface area (Å²) < 4.78 is 20.6. The third-order valence-electron chi connectivity index (χ3n) is 4.13. The van der Waals surface area contributed by atoms with Gasteiger partial charge in [0.15, 0.2) is 17.6 Å². The highest BCUT2D eigenvalue weighted by Crippen LogP contribution is 2.29. The van der Waals surface area contributed by atoms with Crippen LogP contribution in [0.3, 0.4) is 0 Å². The molecule has 2 aromatic carbocycles. The summed E-state index contributed by atoms with van der Waals surface area (Å²) in [5, 5.41) is 13.4.